The number of rotatable bonds is 6. The summed E-state index contributed by atoms with van der Waals surface area (Å²) < 4.78 is 0. The maximum Gasteiger partial charge on any atom is 0.242 e. The van der Waals surface area contributed by atoms with Crippen LogP contribution in [0.5, 0.6) is 0 Å². The first kappa shape index (κ1) is 15.0. The second-order valence-electron chi connectivity index (χ2n) is 5.76. The average molecular weight is 255 g/mol. The molecule has 1 rings (SSSR count). The first-order chi connectivity index (χ1) is 8.44. The minimum Gasteiger partial charge on any atom is -0.354 e. The Morgan fingerprint density at radius 3 is 2.83 bits per heavy atom. The third-order valence-electron chi connectivity index (χ3n) is 3.47. The van der Waals surface area contributed by atoms with Gasteiger partial charge in [-0.1, -0.05) is 13.8 Å². The van der Waals surface area contributed by atoms with Crippen molar-refractivity contribution in [2.24, 2.45) is 11.1 Å². The second kappa shape index (κ2) is 6.73. The van der Waals surface area contributed by atoms with Crippen molar-refractivity contribution in [2.45, 2.75) is 52.0 Å². The summed E-state index contributed by atoms with van der Waals surface area (Å²) in [7, 11) is 0. The van der Waals surface area contributed by atoms with Crippen LogP contribution < -0.4 is 16.4 Å². The Hall–Kier alpha value is -1.10. The van der Waals surface area contributed by atoms with E-state index in [1.165, 1.54) is 0 Å². The summed E-state index contributed by atoms with van der Waals surface area (Å²) in [5, 5.41) is 5.56. The third kappa shape index (κ3) is 5.04. The predicted molar refractivity (Wildman–Crippen MR) is 70.9 cm³/mol. The van der Waals surface area contributed by atoms with Gasteiger partial charge in [0.25, 0.3) is 0 Å². The van der Waals surface area contributed by atoms with Gasteiger partial charge in [-0.15, -0.1) is 0 Å². The van der Waals surface area contributed by atoms with E-state index in [0.717, 1.165) is 25.7 Å². The Labute approximate surface area is 109 Å². The van der Waals surface area contributed by atoms with Crippen molar-refractivity contribution in [2.75, 3.05) is 13.1 Å². The van der Waals surface area contributed by atoms with Gasteiger partial charge in [0.2, 0.25) is 11.8 Å². The maximum atomic E-state index is 11.8. The molecule has 5 heteroatoms. The Bertz CT molecular complexity index is 303. The quantitative estimate of drug-likeness (QED) is 0.647. The van der Waals surface area contributed by atoms with Gasteiger partial charge in [-0.25, -0.2) is 0 Å². The van der Waals surface area contributed by atoms with Crippen molar-refractivity contribution >= 4 is 11.8 Å². The van der Waals surface area contributed by atoms with Crippen molar-refractivity contribution in [3.63, 3.8) is 0 Å². The molecule has 4 N–H and O–H groups in total. The van der Waals surface area contributed by atoms with E-state index in [1.807, 2.05) is 0 Å². The summed E-state index contributed by atoms with van der Waals surface area (Å²) in [5.74, 6) is -0.0991. The van der Waals surface area contributed by atoms with Gasteiger partial charge < -0.3 is 16.4 Å². The van der Waals surface area contributed by atoms with E-state index in [9.17, 15) is 9.59 Å². The molecular weight excluding hydrogens is 230 g/mol. The van der Waals surface area contributed by atoms with Gasteiger partial charge in [-0.05, 0) is 37.6 Å². The van der Waals surface area contributed by atoms with Crippen LogP contribution in [0, 0.1) is 5.41 Å². The third-order valence-corrected chi connectivity index (χ3v) is 3.47. The maximum absolute atomic E-state index is 11.8. The van der Waals surface area contributed by atoms with Crippen LogP contribution in [0.15, 0.2) is 0 Å². The van der Waals surface area contributed by atoms with Gasteiger partial charge in [0.05, 0.1) is 0 Å². The molecular formula is C13H25N3O2. The van der Waals surface area contributed by atoms with Gasteiger partial charge in [0.15, 0.2) is 0 Å². The molecule has 1 aliphatic rings. The Morgan fingerprint density at radius 2 is 2.22 bits per heavy atom. The Balaban J connectivity index is 2.30. The highest BCUT2D eigenvalue weighted by Crippen LogP contribution is 2.25. The molecule has 0 aromatic carbocycles. The first-order valence-electron chi connectivity index (χ1n) is 6.72. The second-order valence-corrected chi connectivity index (χ2v) is 5.76. The highest BCUT2D eigenvalue weighted by molar-refractivity contribution is 5.88. The fourth-order valence-corrected chi connectivity index (χ4v) is 2.14. The van der Waals surface area contributed by atoms with E-state index in [2.05, 4.69) is 24.5 Å². The van der Waals surface area contributed by atoms with Gasteiger partial charge in [0, 0.05) is 13.0 Å². The molecule has 1 atom stereocenters. The van der Waals surface area contributed by atoms with Crippen molar-refractivity contribution in [1.29, 1.82) is 0 Å². The molecule has 2 amide bonds. The normalized spacial score (nSPS) is 20.4. The summed E-state index contributed by atoms with van der Waals surface area (Å²) >= 11 is 0. The summed E-state index contributed by atoms with van der Waals surface area (Å²) in [4.78, 5) is 23.3. The lowest BCUT2D eigenvalue weighted by atomic mass is 9.84. The standard InChI is InChI=1S/C13H25N3O2/c1-13(2,7-8-14)6-5-11(17)16-10-4-3-9-15-12(10)18/h10H,3-9,14H2,1-2H3,(H,15,18)(H,16,17). The largest absolute Gasteiger partial charge is 0.354 e. The smallest absolute Gasteiger partial charge is 0.242 e. The van der Waals surface area contributed by atoms with E-state index in [4.69, 9.17) is 5.73 Å². The van der Waals surface area contributed by atoms with Gasteiger partial charge in [0.1, 0.15) is 6.04 Å². The van der Waals surface area contributed by atoms with Crippen LogP contribution in [0.4, 0.5) is 0 Å². The fraction of sp³-hybridized carbons (Fsp3) is 0.846. The van der Waals surface area contributed by atoms with Crippen molar-refractivity contribution in [3.8, 4) is 0 Å². The first-order valence-corrected chi connectivity index (χ1v) is 6.72. The average Bonchev–Trinajstić information content (AvgIpc) is 2.30. The molecule has 1 fully saturated rings. The molecule has 0 saturated carbocycles. The van der Waals surface area contributed by atoms with Crippen LogP contribution in [0.1, 0.15) is 46.0 Å². The summed E-state index contributed by atoms with van der Waals surface area (Å²) in [6.45, 7) is 5.58. The van der Waals surface area contributed by atoms with E-state index in [-0.39, 0.29) is 23.3 Å². The molecule has 0 aliphatic carbocycles. The molecule has 1 saturated heterocycles. The van der Waals surface area contributed by atoms with E-state index >= 15 is 0 Å². The summed E-state index contributed by atoms with van der Waals surface area (Å²) in [6.07, 6.45) is 3.82. The van der Waals surface area contributed by atoms with Crippen molar-refractivity contribution in [3.05, 3.63) is 0 Å². The lowest BCUT2D eigenvalue weighted by Crippen LogP contribution is -2.50. The van der Waals surface area contributed by atoms with Gasteiger partial charge in [-0.2, -0.15) is 0 Å². The molecule has 1 aliphatic heterocycles. The predicted octanol–water partition coefficient (Wildman–Crippen LogP) is 0.536. The molecule has 0 spiro atoms. The van der Waals surface area contributed by atoms with Crippen molar-refractivity contribution in [1.82, 2.24) is 10.6 Å². The number of hydrogen-bond acceptors (Lipinski definition) is 3. The minimum absolute atomic E-state index is 0.0397. The molecule has 0 aromatic rings. The van der Waals surface area contributed by atoms with E-state index in [0.29, 0.717) is 19.5 Å². The molecule has 104 valence electrons. The molecule has 0 aromatic heterocycles. The van der Waals surface area contributed by atoms with E-state index in [1.54, 1.807) is 0 Å². The van der Waals surface area contributed by atoms with Gasteiger partial charge in [-0.3, -0.25) is 9.59 Å². The fourth-order valence-electron chi connectivity index (χ4n) is 2.14. The summed E-state index contributed by atoms with van der Waals surface area (Å²) in [6, 6.07) is -0.344. The number of nitrogens with two attached hydrogens (primary N) is 1. The number of nitrogens with one attached hydrogen (secondary N) is 2. The molecule has 1 heterocycles. The van der Waals surface area contributed by atoms with Crippen LogP contribution >= 0.6 is 0 Å². The SMILES string of the molecule is CC(C)(CCN)CCC(=O)NC1CCCNC1=O. The summed E-state index contributed by atoms with van der Waals surface area (Å²) in [5.41, 5.74) is 5.62. The topological polar surface area (TPSA) is 84.2 Å². The molecule has 1 unspecified atom stereocenters. The lowest BCUT2D eigenvalue weighted by molar-refractivity contribution is -0.130. The molecule has 18 heavy (non-hydrogen) atoms. The highest BCUT2D eigenvalue weighted by Gasteiger charge is 2.24. The zero-order chi connectivity index (χ0) is 13.6. The monoisotopic (exact) mass is 255 g/mol. The number of carbonyl (C=O) groups excluding carboxylic acids is 2. The minimum atomic E-state index is -0.344. The number of piperidine rings is 1. The highest BCUT2D eigenvalue weighted by atomic mass is 16.2. The lowest BCUT2D eigenvalue weighted by Gasteiger charge is -2.25. The molecule has 5 nitrogen and oxygen atoms in total. The van der Waals surface area contributed by atoms with Crippen molar-refractivity contribution < 1.29 is 9.59 Å². The van der Waals surface area contributed by atoms with Crippen LogP contribution in [0.25, 0.3) is 0 Å². The molecule has 0 radical (unpaired) electrons. The van der Waals surface area contributed by atoms with Crippen LogP contribution in [-0.2, 0) is 9.59 Å². The number of carbonyl (C=O) groups is 2. The Morgan fingerprint density at radius 1 is 1.50 bits per heavy atom. The van der Waals surface area contributed by atoms with Crippen LogP contribution in [0.3, 0.4) is 0 Å². The zero-order valence-corrected chi connectivity index (χ0v) is 11.4. The number of hydrogen-bond donors (Lipinski definition) is 3. The van der Waals surface area contributed by atoms with Gasteiger partial charge >= 0.3 is 0 Å². The van der Waals surface area contributed by atoms with E-state index < -0.39 is 0 Å². The zero-order valence-electron chi connectivity index (χ0n) is 11.4. The van der Waals surface area contributed by atoms with Crippen LogP contribution in [0.2, 0.25) is 0 Å². The Kier molecular flexibility index (Phi) is 5.59. The van der Waals surface area contributed by atoms with Crippen LogP contribution in [-0.4, -0.2) is 30.9 Å². The molecule has 0 bridgehead atoms. The number of amides is 2.